The number of aliphatic hydroxyl groups is 1. The SMILES string of the molecule is C/C=C(/C(=O)NCCO)c1scc(COc2cc(-c3nnc(C)o3)ccc2C)c1/C(N)=C/CCC.Cc1ccc(SO)cc1. The quantitative estimate of drug-likeness (QED) is 0.0940. The van der Waals surface area contributed by atoms with Gasteiger partial charge in [0.25, 0.3) is 5.91 Å². The summed E-state index contributed by atoms with van der Waals surface area (Å²) >= 11 is 2.23. The Bertz CT molecular complexity index is 1580. The molecule has 2 aromatic carbocycles. The van der Waals surface area contributed by atoms with Gasteiger partial charge in [-0.05, 0) is 62.4 Å². The number of ether oxygens (including phenoxy) is 1. The van der Waals surface area contributed by atoms with Crippen molar-refractivity contribution < 1.29 is 23.6 Å². The average Bonchev–Trinajstić information content (AvgIpc) is 3.66. The molecule has 0 bridgehead atoms. The lowest BCUT2D eigenvalue weighted by Gasteiger charge is -2.13. The van der Waals surface area contributed by atoms with Crippen molar-refractivity contribution in [3.63, 3.8) is 0 Å². The van der Waals surface area contributed by atoms with E-state index < -0.39 is 0 Å². The van der Waals surface area contributed by atoms with E-state index in [1.54, 1.807) is 13.0 Å². The molecule has 2 heterocycles. The zero-order valence-electron chi connectivity index (χ0n) is 25.7. The third kappa shape index (κ3) is 9.55. The van der Waals surface area contributed by atoms with Crippen LogP contribution in [0.5, 0.6) is 5.75 Å². The van der Waals surface area contributed by atoms with Gasteiger partial charge in [0.2, 0.25) is 11.8 Å². The van der Waals surface area contributed by atoms with Gasteiger partial charge in [-0.3, -0.25) is 4.79 Å². The molecular formula is C33H40N4O5S2. The molecule has 0 unspecified atom stereocenters. The van der Waals surface area contributed by atoms with Crippen molar-refractivity contribution in [1.29, 1.82) is 0 Å². The molecular weight excluding hydrogens is 597 g/mol. The number of nitrogens with one attached hydrogen (secondary N) is 1. The molecule has 44 heavy (non-hydrogen) atoms. The van der Waals surface area contributed by atoms with E-state index >= 15 is 0 Å². The summed E-state index contributed by atoms with van der Waals surface area (Å²) in [5.74, 6) is 1.37. The number of nitrogens with two attached hydrogens (primary N) is 1. The summed E-state index contributed by atoms with van der Waals surface area (Å²) in [6.45, 7) is 9.97. The van der Waals surface area contributed by atoms with Gasteiger partial charge in [-0.15, -0.1) is 21.5 Å². The van der Waals surface area contributed by atoms with E-state index in [0.29, 0.717) is 28.8 Å². The standard InChI is InChI=1S/C26H32N4O4S.C7H8OS/c1-5-7-8-21(27)23-19(15-35-24(23)20(6-2)25(32)28-11-12-31)14-33-22-13-18(10-9-16(22)3)26-30-29-17(4)34-26;1-6-2-4-7(9-8)5-3-6/h6,8-10,13,15,31H,5,7,11-12,14,27H2,1-4H3,(H,28,32);2-5,8H,1H3/b20-6+,21-8-;. The Morgan fingerprint density at radius 1 is 1.16 bits per heavy atom. The second kappa shape index (κ2) is 17.4. The van der Waals surface area contributed by atoms with Crippen LogP contribution in [-0.2, 0) is 11.4 Å². The number of unbranched alkanes of at least 4 members (excludes halogenated alkanes) is 1. The molecule has 9 nitrogen and oxygen atoms in total. The summed E-state index contributed by atoms with van der Waals surface area (Å²) in [7, 11) is 0. The van der Waals surface area contributed by atoms with Crippen LogP contribution in [0, 0.1) is 20.8 Å². The number of amides is 1. The lowest BCUT2D eigenvalue weighted by Crippen LogP contribution is -2.27. The summed E-state index contributed by atoms with van der Waals surface area (Å²) in [4.78, 5) is 14.4. The smallest absolute Gasteiger partial charge is 0.252 e. The van der Waals surface area contributed by atoms with Crippen molar-refractivity contribution in [3.8, 4) is 17.2 Å². The summed E-state index contributed by atoms with van der Waals surface area (Å²) in [5.41, 5.74) is 12.3. The number of thiophene rings is 1. The van der Waals surface area contributed by atoms with Crippen molar-refractivity contribution in [2.45, 2.75) is 59.0 Å². The van der Waals surface area contributed by atoms with Gasteiger partial charge in [-0.1, -0.05) is 49.3 Å². The van der Waals surface area contributed by atoms with Crippen LogP contribution in [0.25, 0.3) is 22.7 Å². The van der Waals surface area contributed by atoms with Gasteiger partial charge < -0.3 is 29.9 Å². The number of aryl methyl sites for hydroxylation is 3. The van der Waals surface area contributed by atoms with Gasteiger partial charge in [-0.25, -0.2) is 0 Å². The predicted octanol–water partition coefficient (Wildman–Crippen LogP) is 7.17. The molecule has 0 spiro atoms. The zero-order chi connectivity index (χ0) is 32.1. The number of hydrogen-bond donors (Lipinski definition) is 4. The minimum atomic E-state index is -0.251. The van der Waals surface area contributed by atoms with Gasteiger partial charge in [0.15, 0.2) is 0 Å². The minimum Gasteiger partial charge on any atom is -0.489 e. The Kier molecular flexibility index (Phi) is 13.7. The third-order valence-corrected chi connectivity index (χ3v) is 8.00. The molecule has 5 N–H and O–H groups in total. The fourth-order valence-electron chi connectivity index (χ4n) is 4.10. The molecule has 0 fully saturated rings. The first-order valence-electron chi connectivity index (χ1n) is 14.3. The van der Waals surface area contributed by atoms with Crippen molar-refractivity contribution in [2.24, 2.45) is 5.73 Å². The Morgan fingerprint density at radius 2 is 1.91 bits per heavy atom. The highest BCUT2D eigenvalue weighted by atomic mass is 32.2. The van der Waals surface area contributed by atoms with Crippen LogP contribution in [0.4, 0.5) is 0 Å². The number of aliphatic hydroxyl groups excluding tert-OH is 1. The van der Waals surface area contributed by atoms with Crippen LogP contribution in [0.2, 0.25) is 0 Å². The van der Waals surface area contributed by atoms with E-state index in [1.807, 2.05) is 74.7 Å². The molecule has 1 amide bonds. The number of carbonyl (C=O) groups excluding carboxylic acids is 1. The maximum absolute atomic E-state index is 12.7. The van der Waals surface area contributed by atoms with Crippen LogP contribution in [0.1, 0.15) is 59.7 Å². The number of allylic oxidation sites excluding steroid dienone is 2. The van der Waals surface area contributed by atoms with E-state index in [-0.39, 0.29) is 25.7 Å². The molecule has 0 aliphatic carbocycles. The van der Waals surface area contributed by atoms with Crippen molar-refractivity contribution in [3.05, 3.63) is 93.0 Å². The second-order valence-electron chi connectivity index (χ2n) is 9.89. The number of benzene rings is 2. The summed E-state index contributed by atoms with van der Waals surface area (Å²) in [6, 6.07) is 13.5. The Morgan fingerprint density at radius 3 is 2.52 bits per heavy atom. The largest absolute Gasteiger partial charge is 0.489 e. The Balaban J connectivity index is 0.000000502. The lowest BCUT2D eigenvalue weighted by atomic mass is 10.0. The van der Waals surface area contributed by atoms with Gasteiger partial charge in [0.1, 0.15) is 12.4 Å². The lowest BCUT2D eigenvalue weighted by molar-refractivity contribution is -0.115. The summed E-state index contributed by atoms with van der Waals surface area (Å²) < 4.78 is 20.3. The molecule has 4 aromatic rings. The maximum atomic E-state index is 12.7. The van der Waals surface area contributed by atoms with Gasteiger partial charge in [0.05, 0.1) is 12.2 Å². The van der Waals surface area contributed by atoms with Crippen molar-refractivity contribution >= 4 is 40.6 Å². The predicted molar refractivity (Wildman–Crippen MR) is 178 cm³/mol. The van der Waals surface area contributed by atoms with Gasteiger partial charge >= 0.3 is 0 Å². The molecule has 0 aliphatic rings. The topological polar surface area (TPSA) is 144 Å². The minimum absolute atomic E-state index is 0.126. The van der Waals surface area contributed by atoms with Crippen LogP contribution >= 0.6 is 23.4 Å². The number of rotatable bonds is 12. The normalized spacial score (nSPS) is 11.6. The van der Waals surface area contributed by atoms with Gasteiger partial charge in [0, 0.05) is 57.7 Å². The van der Waals surface area contributed by atoms with E-state index in [2.05, 4.69) is 22.4 Å². The number of nitrogens with zero attached hydrogens (tertiary/aromatic N) is 2. The average molecular weight is 637 g/mol. The molecule has 2 aromatic heterocycles. The number of aromatic nitrogens is 2. The van der Waals surface area contributed by atoms with Crippen LogP contribution in [0.15, 0.2) is 69.3 Å². The van der Waals surface area contributed by atoms with Gasteiger partial charge in [-0.2, -0.15) is 0 Å². The van der Waals surface area contributed by atoms with Crippen LogP contribution in [-0.4, -0.2) is 38.9 Å². The summed E-state index contributed by atoms with van der Waals surface area (Å²) in [5, 5.41) is 21.8. The zero-order valence-corrected chi connectivity index (χ0v) is 27.3. The molecule has 0 radical (unpaired) electrons. The molecule has 0 saturated carbocycles. The first-order valence-corrected chi connectivity index (χ1v) is 15.9. The maximum Gasteiger partial charge on any atom is 0.252 e. The molecule has 0 saturated heterocycles. The van der Waals surface area contributed by atoms with E-state index in [9.17, 15) is 4.79 Å². The number of hydrogen-bond acceptors (Lipinski definition) is 10. The van der Waals surface area contributed by atoms with E-state index in [1.165, 1.54) is 16.9 Å². The fourth-order valence-corrected chi connectivity index (χ4v) is 5.51. The Hall–Kier alpha value is -3.90. The number of carbonyl (C=O) groups is 1. The fraction of sp³-hybridized carbons (Fsp3) is 0.303. The second-order valence-corrected chi connectivity index (χ2v) is 11.4. The van der Waals surface area contributed by atoms with Crippen molar-refractivity contribution in [2.75, 3.05) is 13.2 Å². The molecule has 234 valence electrons. The molecule has 4 rings (SSSR count). The van der Waals surface area contributed by atoms with E-state index in [0.717, 1.165) is 56.9 Å². The van der Waals surface area contributed by atoms with Crippen molar-refractivity contribution in [1.82, 2.24) is 15.5 Å². The Labute approximate surface area is 267 Å². The highest BCUT2D eigenvalue weighted by molar-refractivity contribution is 7.93. The van der Waals surface area contributed by atoms with E-state index in [4.69, 9.17) is 24.5 Å². The van der Waals surface area contributed by atoms with Crippen LogP contribution < -0.4 is 15.8 Å². The third-order valence-electron chi connectivity index (χ3n) is 6.45. The molecule has 0 atom stereocenters. The first-order chi connectivity index (χ1) is 21.2. The molecule has 0 aliphatic heterocycles. The first kappa shape index (κ1) is 34.6. The van der Waals surface area contributed by atoms with Crippen LogP contribution in [0.3, 0.4) is 0 Å². The highest BCUT2D eigenvalue weighted by Crippen LogP contribution is 2.35. The highest BCUT2D eigenvalue weighted by Gasteiger charge is 2.22. The summed E-state index contributed by atoms with van der Waals surface area (Å²) in [6.07, 6.45) is 5.53. The monoisotopic (exact) mass is 636 g/mol. The molecule has 11 heteroatoms.